The summed E-state index contributed by atoms with van der Waals surface area (Å²) in [5.74, 6) is -0.599. The molecule has 0 saturated carbocycles. The van der Waals surface area contributed by atoms with Crippen LogP contribution in [0.5, 0.6) is 0 Å². The van der Waals surface area contributed by atoms with Crippen molar-refractivity contribution < 1.29 is 14.3 Å². The maximum absolute atomic E-state index is 12.3. The Bertz CT molecular complexity index is 744. The monoisotopic (exact) mass is 327 g/mol. The summed E-state index contributed by atoms with van der Waals surface area (Å²) in [6, 6.07) is 7.21. The number of carbonyl (C=O) groups is 2. The fraction of sp³-hybridized carbons (Fsp3) is 0.278. The molecule has 2 aromatic rings. The Labute approximate surface area is 141 Å². The van der Waals surface area contributed by atoms with E-state index in [0.29, 0.717) is 30.0 Å². The van der Waals surface area contributed by atoms with Gasteiger partial charge in [0.15, 0.2) is 0 Å². The maximum Gasteiger partial charge on any atom is 0.257 e. The third kappa shape index (κ3) is 4.63. The summed E-state index contributed by atoms with van der Waals surface area (Å²) in [5, 5.41) is 5.51. The predicted octanol–water partition coefficient (Wildman–Crippen LogP) is 2.33. The van der Waals surface area contributed by atoms with Crippen molar-refractivity contribution in [3.8, 4) is 0 Å². The van der Waals surface area contributed by atoms with Crippen molar-refractivity contribution in [3.05, 3.63) is 58.9 Å². The number of benzene rings is 1. The molecule has 126 valence electrons. The number of amides is 2. The average molecular weight is 327 g/mol. The van der Waals surface area contributed by atoms with Crippen LogP contribution in [0.1, 0.15) is 31.8 Å². The molecule has 0 fully saturated rings. The van der Waals surface area contributed by atoms with Gasteiger partial charge in [0, 0.05) is 31.7 Å². The molecule has 0 radical (unpaired) electrons. The topological polar surface area (TPSA) is 80.3 Å². The van der Waals surface area contributed by atoms with Crippen molar-refractivity contribution in [2.75, 3.05) is 25.6 Å². The molecule has 6 heteroatoms. The van der Waals surface area contributed by atoms with E-state index in [2.05, 4.69) is 15.6 Å². The van der Waals surface area contributed by atoms with E-state index in [1.807, 2.05) is 32.0 Å². The summed E-state index contributed by atoms with van der Waals surface area (Å²) in [4.78, 5) is 28.3. The number of pyridine rings is 1. The molecule has 2 amide bonds. The van der Waals surface area contributed by atoms with E-state index in [9.17, 15) is 9.59 Å². The lowest BCUT2D eigenvalue weighted by molar-refractivity contribution is 0.0936. The molecule has 0 unspecified atom stereocenters. The van der Waals surface area contributed by atoms with Crippen molar-refractivity contribution in [3.63, 3.8) is 0 Å². The number of aryl methyl sites for hydroxylation is 2. The lowest BCUT2D eigenvalue weighted by atomic mass is 10.1. The maximum atomic E-state index is 12.3. The number of carbonyl (C=O) groups excluding carboxylic acids is 2. The van der Waals surface area contributed by atoms with Crippen LogP contribution in [0.4, 0.5) is 5.69 Å². The standard InChI is InChI=1S/C18H21N3O3/c1-12-4-5-16(8-13(12)2)21-18(23)15-9-14(10-19-11-15)17(22)20-6-7-24-3/h4-5,8-11H,6-7H2,1-3H3,(H,20,22)(H,21,23). The van der Waals surface area contributed by atoms with E-state index in [1.165, 1.54) is 18.5 Å². The number of rotatable bonds is 6. The van der Waals surface area contributed by atoms with E-state index in [-0.39, 0.29) is 11.8 Å². The molecular weight excluding hydrogens is 306 g/mol. The van der Waals surface area contributed by atoms with Gasteiger partial charge in [-0.3, -0.25) is 14.6 Å². The molecule has 0 saturated heterocycles. The second-order valence-electron chi connectivity index (χ2n) is 5.46. The van der Waals surface area contributed by atoms with Gasteiger partial charge in [0.1, 0.15) is 0 Å². The zero-order valence-electron chi connectivity index (χ0n) is 14.1. The van der Waals surface area contributed by atoms with Crippen LogP contribution >= 0.6 is 0 Å². The number of methoxy groups -OCH3 is 1. The highest BCUT2D eigenvalue weighted by atomic mass is 16.5. The van der Waals surface area contributed by atoms with Crippen LogP contribution in [-0.4, -0.2) is 37.1 Å². The number of hydrogen-bond acceptors (Lipinski definition) is 4. The van der Waals surface area contributed by atoms with Crippen molar-refractivity contribution >= 4 is 17.5 Å². The number of ether oxygens (including phenoxy) is 1. The van der Waals surface area contributed by atoms with E-state index < -0.39 is 0 Å². The van der Waals surface area contributed by atoms with E-state index in [1.54, 1.807) is 7.11 Å². The van der Waals surface area contributed by atoms with Crippen LogP contribution in [0.25, 0.3) is 0 Å². The largest absolute Gasteiger partial charge is 0.383 e. The number of anilines is 1. The highest BCUT2D eigenvalue weighted by Crippen LogP contribution is 2.15. The number of nitrogens with zero attached hydrogens (tertiary/aromatic N) is 1. The summed E-state index contributed by atoms with van der Waals surface area (Å²) >= 11 is 0. The van der Waals surface area contributed by atoms with Crippen molar-refractivity contribution in [1.82, 2.24) is 10.3 Å². The second kappa shape index (κ2) is 8.21. The van der Waals surface area contributed by atoms with Crippen LogP contribution in [-0.2, 0) is 4.74 Å². The first-order valence-corrected chi connectivity index (χ1v) is 7.62. The third-order valence-electron chi connectivity index (χ3n) is 3.62. The van der Waals surface area contributed by atoms with Gasteiger partial charge in [0.05, 0.1) is 17.7 Å². The van der Waals surface area contributed by atoms with Crippen LogP contribution in [0, 0.1) is 13.8 Å². The lowest BCUT2D eigenvalue weighted by Gasteiger charge is -2.09. The van der Waals surface area contributed by atoms with Gasteiger partial charge >= 0.3 is 0 Å². The Balaban J connectivity index is 2.08. The van der Waals surface area contributed by atoms with Gasteiger partial charge in [-0.25, -0.2) is 0 Å². The van der Waals surface area contributed by atoms with Crippen LogP contribution < -0.4 is 10.6 Å². The Morgan fingerprint density at radius 2 is 1.75 bits per heavy atom. The highest BCUT2D eigenvalue weighted by Gasteiger charge is 2.11. The zero-order chi connectivity index (χ0) is 17.5. The molecule has 24 heavy (non-hydrogen) atoms. The SMILES string of the molecule is COCCNC(=O)c1cncc(C(=O)Nc2ccc(C)c(C)c2)c1. The second-order valence-corrected chi connectivity index (χ2v) is 5.46. The number of nitrogens with one attached hydrogen (secondary N) is 2. The molecule has 2 rings (SSSR count). The van der Waals surface area contributed by atoms with E-state index >= 15 is 0 Å². The fourth-order valence-electron chi connectivity index (χ4n) is 2.08. The van der Waals surface area contributed by atoms with Crippen LogP contribution in [0.3, 0.4) is 0 Å². The molecular formula is C18H21N3O3. The van der Waals surface area contributed by atoms with Gasteiger partial charge < -0.3 is 15.4 Å². The van der Waals surface area contributed by atoms with E-state index in [4.69, 9.17) is 4.74 Å². The summed E-state index contributed by atoms with van der Waals surface area (Å²) in [6.07, 6.45) is 2.86. The third-order valence-corrected chi connectivity index (χ3v) is 3.62. The molecule has 6 nitrogen and oxygen atoms in total. The first-order valence-electron chi connectivity index (χ1n) is 7.62. The number of aromatic nitrogens is 1. The summed E-state index contributed by atoms with van der Waals surface area (Å²) in [6.45, 7) is 4.81. The Kier molecular flexibility index (Phi) is 6.03. The van der Waals surface area contributed by atoms with Crippen LogP contribution in [0.2, 0.25) is 0 Å². The molecule has 1 aromatic carbocycles. The Morgan fingerprint density at radius 1 is 1.04 bits per heavy atom. The minimum atomic E-state index is -0.308. The lowest BCUT2D eigenvalue weighted by Crippen LogP contribution is -2.27. The molecule has 0 spiro atoms. The quantitative estimate of drug-likeness (QED) is 0.798. The van der Waals surface area contributed by atoms with Gasteiger partial charge in [0.2, 0.25) is 0 Å². The van der Waals surface area contributed by atoms with Gasteiger partial charge in [-0.05, 0) is 43.2 Å². The van der Waals surface area contributed by atoms with Gasteiger partial charge in [-0.2, -0.15) is 0 Å². The molecule has 0 aliphatic rings. The van der Waals surface area contributed by atoms with E-state index in [0.717, 1.165) is 11.1 Å². The normalized spacial score (nSPS) is 10.3. The molecule has 2 N–H and O–H groups in total. The van der Waals surface area contributed by atoms with Crippen LogP contribution in [0.15, 0.2) is 36.7 Å². The molecule has 0 aliphatic carbocycles. The Morgan fingerprint density at radius 3 is 2.42 bits per heavy atom. The van der Waals surface area contributed by atoms with Gasteiger partial charge in [0.25, 0.3) is 11.8 Å². The smallest absolute Gasteiger partial charge is 0.257 e. The van der Waals surface area contributed by atoms with Crippen molar-refractivity contribution in [1.29, 1.82) is 0 Å². The Hall–Kier alpha value is -2.73. The number of hydrogen-bond donors (Lipinski definition) is 2. The van der Waals surface area contributed by atoms with Crippen molar-refractivity contribution in [2.45, 2.75) is 13.8 Å². The predicted molar refractivity (Wildman–Crippen MR) is 92.3 cm³/mol. The molecule has 0 atom stereocenters. The fourth-order valence-corrected chi connectivity index (χ4v) is 2.08. The minimum absolute atomic E-state index is 0.291. The molecule has 0 bridgehead atoms. The van der Waals surface area contributed by atoms with Gasteiger partial charge in [-0.1, -0.05) is 6.07 Å². The van der Waals surface area contributed by atoms with Crippen molar-refractivity contribution in [2.24, 2.45) is 0 Å². The first-order chi connectivity index (χ1) is 11.5. The molecule has 0 aliphatic heterocycles. The van der Waals surface area contributed by atoms with Gasteiger partial charge in [-0.15, -0.1) is 0 Å². The molecule has 1 aromatic heterocycles. The highest BCUT2D eigenvalue weighted by molar-refractivity contribution is 6.05. The summed E-state index contributed by atoms with van der Waals surface area (Å²) in [7, 11) is 1.56. The summed E-state index contributed by atoms with van der Waals surface area (Å²) in [5.41, 5.74) is 3.62. The minimum Gasteiger partial charge on any atom is -0.383 e. The first kappa shape index (κ1) is 17.6. The summed E-state index contributed by atoms with van der Waals surface area (Å²) < 4.78 is 4.88. The average Bonchev–Trinajstić information content (AvgIpc) is 2.58. The molecule has 1 heterocycles. The zero-order valence-corrected chi connectivity index (χ0v) is 14.1.